The lowest BCUT2D eigenvalue weighted by molar-refractivity contribution is 0.0277. The maximum absolute atomic E-state index is 5.89. The Labute approximate surface area is 123 Å². The molecule has 20 heavy (non-hydrogen) atoms. The number of hydrogen-bond donors (Lipinski definition) is 2. The van der Waals surface area contributed by atoms with Gasteiger partial charge in [-0.3, -0.25) is 4.99 Å². The van der Waals surface area contributed by atoms with Crippen molar-refractivity contribution >= 4 is 5.96 Å². The molecule has 0 aromatic heterocycles. The Morgan fingerprint density at radius 1 is 1.05 bits per heavy atom. The lowest BCUT2D eigenvalue weighted by Crippen LogP contribution is -2.38. The molecule has 5 heteroatoms. The highest BCUT2D eigenvalue weighted by molar-refractivity contribution is 5.79. The Balaban J connectivity index is 1.95. The maximum atomic E-state index is 5.89. The zero-order valence-electron chi connectivity index (χ0n) is 13.1. The van der Waals surface area contributed by atoms with Crippen molar-refractivity contribution in [2.24, 2.45) is 4.99 Å². The zero-order chi connectivity index (χ0) is 14.5. The van der Waals surface area contributed by atoms with Gasteiger partial charge in [0.2, 0.25) is 0 Å². The van der Waals surface area contributed by atoms with Crippen LogP contribution in [-0.4, -0.2) is 52.5 Å². The lowest BCUT2D eigenvalue weighted by atomic mass is 9.98. The Morgan fingerprint density at radius 2 is 1.70 bits per heavy atom. The molecule has 0 saturated heterocycles. The van der Waals surface area contributed by atoms with Crippen molar-refractivity contribution in [3.63, 3.8) is 0 Å². The van der Waals surface area contributed by atoms with Crippen LogP contribution in [0.3, 0.4) is 0 Å². The molecule has 0 aromatic carbocycles. The van der Waals surface area contributed by atoms with Crippen molar-refractivity contribution in [3.05, 3.63) is 0 Å². The number of aliphatic imine (C=N–C) groups is 1. The summed E-state index contributed by atoms with van der Waals surface area (Å²) in [6, 6.07) is 0. The van der Waals surface area contributed by atoms with E-state index in [9.17, 15) is 0 Å². The highest BCUT2D eigenvalue weighted by Gasteiger charge is 2.12. The fourth-order valence-electron chi connectivity index (χ4n) is 2.40. The van der Waals surface area contributed by atoms with Crippen LogP contribution in [0, 0.1) is 0 Å². The molecule has 2 N–H and O–H groups in total. The largest absolute Gasteiger partial charge is 0.385 e. The van der Waals surface area contributed by atoms with Gasteiger partial charge in [0.1, 0.15) is 0 Å². The summed E-state index contributed by atoms with van der Waals surface area (Å²) >= 11 is 0. The van der Waals surface area contributed by atoms with E-state index in [1.54, 1.807) is 14.2 Å². The SMILES string of the molecule is CN=C(NCCCOC)NCCCOC1CCCCC1. The van der Waals surface area contributed by atoms with E-state index in [1.807, 2.05) is 0 Å². The molecule has 118 valence electrons. The molecule has 1 fully saturated rings. The highest BCUT2D eigenvalue weighted by Crippen LogP contribution is 2.20. The molecule has 1 saturated carbocycles. The van der Waals surface area contributed by atoms with Gasteiger partial charge in [0.25, 0.3) is 0 Å². The molecule has 0 spiro atoms. The highest BCUT2D eigenvalue weighted by atomic mass is 16.5. The van der Waals surface area contributed by atoms with Gasteiger partial charge >= 0.3 is 0 Å². The second-order valence-electron chi connectivity index (χ2n) is 5.26. The van der Waals surface area contributed by atoms with Crippen molar-refractivity contribution in [1.82, 2.24) is 10.6 Å². The van der Waals surface area contributed by atoms with Crippen LogP contribution >= 0.6 is 0 Å². The molecule has 0 aromatic rings. The van der Waals surface area contributed by atoms with Crippen molar-refractivity contribution < 1.29 is 9.47 Å². The van der Waals surface area contributed by atoms with E-state index >= 15 is 0 Å². The number of ether oxygens (including phenoxy) is 2. The summed E-state index contributed by atoms with van der Waals surface area (Å²) in [4.78, 5) is 4.19. The molecule has 0 radical (unpaired) electrons. The first kappa shape index (κ1) is 17.2. The molecule has 0 atom stereocenters. The molecule has 0 aliphatic heterocycles. The number of methoxy groups -OCH3 is 1. The van der Waals surface area contributed by atoms with Crippen molar-refractivity contribution in [3.8, 4) is 0 Å². The van der Waals surface area contributed by atoms with Crippen LogP contribution in [0.4, 0.5) is 0 Å². The minimum atomic E-state index is 0.509. The summed E-state index contributed by atoms with van der Waals surface area (Å²) in [5.41, 5.74) is 0. The predicted octanol–water partition coefficient (Wildman–Crippen LogP) is 1.93. The van der Waals surface area contributed by atoms with Crippen LogP contribution in [-0.2, 0) is 9.47 Å². The van der Waals surface area contributed by atoms with E-state index in [2.05, 4.69) is 15.6 Å². The molecular weight excluding hydrogens is 254 g/mol. The second-order valence-corrected chi connectivity index (χ2v) is 5.26. The summed E-state index contributed by atoms with van der Waals surface area (Å²) in [5.74, 6) is 0.860. The molecule has 0 amide bonds. The Bertz CT molecular complexity index is 254. The van der Waals surface area contributed by atoms with Gasteiger partial charge in [-0.05, 0) is 25.7 Å². The van der Waals surface area contributed by atoms with Crippen molar-refractivity contribution in [2.75, 3.05) is 40.5 Å². The van der Waals surface area contributed by atoms with Crippen molar-refractivity contribution in [1.29, 1.82) is 0 Å². The molecule has 0 bridgehead atoms. The molecule has 1 aliphatic rings. The monoisotopic (exact) mass is 285 g/mol. The quantitative estimate of drug-likeness (QED) is 0.386. The van der Waals surface area contributed by atoms with Crippen molar-refractivity contribution in [2.45, 2.75) is 51.0 Å². The van der Waals surface area contributed by atoms with E-state index in [0.717, 1.165) is 45.1 Å². The average molecular weight is 285 g/mol. The average Bonchev–Trinajstić information content (AvgIpc) is 2.50. The lowest BCUT2D eigenvalue weighted by Gasteiger charge is -2.22. The van der Waals surface area contributed by atoms with Gasteiger partial charge < -0.3 is 20.1 Å². The smallest absolute Gasteiger partial charge is 0.190 e. The van der Waals surface area contributed by atoms with E-state index < -0.39 is 0 Å². The maximum Gasteiger partial charge on any atom is 0.190 e. The zero-order valence-corrected chi connectivity index (χ0v) is 13.1. The first-order valence-electron chi connectivity index (χ1n) is 7.92. The van der Waals surface area contributed by atoms with Gasteiger partial charge in [0.15, 0.2) is 5.96 Å². The predicted molar refractivity (Wildman–Crippen MR) is 83.3 cm³/mol. The molecule has 1 aliphatic carbocycles. The standard InChI is InChI=1S/C15H31N3O2/c1-16-15(17-10-6-12-19-2)18-11-7-13-20-14-8-4-3-5-9-14/h14H,3-13H2,1-2H3,(H2,16,17,18). The number of guanidine groups is 1. The first-order chi connectivity index (χ1) is 9.86. The second kappa shape index (κ2) is 12.0. The van der Waals surface area contributed by atoms with Gasteiger partial charge in [-0.15, -0.1) is 0 Å². The van der Waals surface area contributed by atoms with Gasteiger partial charge in [-0.2, -0.15) is 0 Å². The fraction of sp³-hybridized carbons (Fsp3) is 0.933. The van der Waals surface area contributed by atoms with Crippen LogP contribution in [0.1, 0.15) is 44.9 Å². The molecule has 0 unspecified atom stereocenters. The minimum absolute atomic E-state index is 0.509. The number of nitrogens with one attached hydrogen (secondary N) is 2. The van der Waals surface area contributed by atoms with E-state index in [4.69, 9.17) is 9.47 Å². The van der Waals surface area contributed by atoms with Crippen LogP contribution < -0.4 is 10.6 Å². The molecular formula is C15H31N3O2. The summed E-state index contributed by atoms with van der Waals surface area (Å²) in [6.45, 7) is 3.40. The Morgan fingerprint density at radius 3 is 2.30 bits per heavy atom. The summed E-state index contributed by atoms with van der Waals surface area (Å²) < 4.78 is 10.9. The Kier molecular flexibility index (Phi) is 10.3. The van der Waals surface area contributed by atoms with Crippen LogP contribution in [0.2, 0.25) is 0 Å². The molecule has 0 heterocycles. The number of nitrogens with zero attached hydrogens (tertiary/aromatic N) is 1. The summed E-state index contributed by atoms with van der Waals surface area (Å²) in [5, 5.41) is 6.56. The van der Waals surface area contributed by atoms with Crippen LogP contribution in [0.25, 0.3) is 0 Å². The van der Waals surface area contributed by atoms with Gasteiger partial charge in [-0.1, -0.05) is 19.3 Å². The Hall–Kier alpha value is -0.810. The topological polar surface area (TPSA) is 54.9 Å². The van der Waals surface area contributed by atoms with E-state index in [-0.39, 0.29) is 0 Å². The number of rotatable bonds is 9. The van der Waals surface area contributed by atoms with Crippen LogP contribution in [0.5, 0.6) is 0 Å². The fourth-order valence-corrected chi connectivity index (χ4v) is 2.40. The van der Waals surface area contributed by atoms with Crippen LogP contribution in [0.15, 0.2) is 4.99 Å². The summed E-state index contributed by atoms with van der Waals surface area (Å²) in [7, 11) is 3.52. The third-order valence-corrected chi connectivity index (χ3v) is 3.56. The number of hydrogen-bond acceptors (Lipinski definition) is 3. The third-order valence-electron chi connectivity index (χ3n) is 3.56. The van der Waals surface area contributed by atoms with Gasteiger partial charge in [0, 0.05) is 40.5 Å². The minimum Gasteiger partial charge on any atom is -0.385 e. The third kappa shape index (κ3) is 8.38. The first-order valence-corrected chi connectivity index (χ1v) is 7.92. The van der Waals surface area contributed by atoms with E-state index in [1.165, 1.54) is 32.1 Å². The van der Waals surface area contributed by atoms with E-state index in [0.29, 0.717) is 6.10 Å². The van der Waals surface area contributed by atoms with Gasteiger partial charge in [-0.25, -0.2) is 0 Å². The van der Waals surface area contributed by atoms with Gasteiger partial charge in [0.05, 0.1) is 6.10 Å². The molecule has 1 rings (SSSR count). The summed E-state index contributed by atoms with van der Waals surface area (Å²) in [6.07, 6.45) is 9.06. The molecule has 5 nitrogen and oxygen atoms in total. The normalized spacial score (nSPS) is 17.2.